The second-order valence-corrected chi connectivity index (χ2v) is 10.0. The van der Waals surface area contributed by atoms with Crippen molar-refractivity contribution in [3.05, 3.63) is 76.6 Å². The van der Waals surface area contributed by atoms with Crippen LogP contribution in [0, 0.1) is 13.8 Å². The van der Waals surface area contributed by atoms with E-state index in [2.05, 4.69) is 10.5 Å². The molecule has 0 radical (unpaired) electrons. The van der Waals surface area contributed by atoms with E-state index in [-0.39, 0.29) is 0 Å². The standard InChI is InChI=1S/C24H27ClN4O4S/c1-16-14-19(17(2)28(16)23-9-7-6-8-22(23)25)15-26-27-24(30)18(3)29(34(5,31)32)20-10-12-21(33-4)13-11-20/h6-15,18H,1-5H3,(H,27,30)/b26-15-/t18-/m1/s1. The molecule has 0 aliphatic carbocycles. The number of methoxy groups -OCH3 is 1. The maximum atomic E-state index is 12.8. The van der Waals surface area contributed by atoms with Crippen LogP contribution in [0.25, 0.3) is 5.69 Å². The fourth-order valence-corrected chi connectivity index (χ4v) is 5.11. The number of nitrogens with one attached hydrogen (secondary N) is 1. The van der Waals surface area contributed by atoms with Crippen LogP contribution in [0.5, 0.6) is 5.75 Å². The molecule has 1 heterocycles. The molecule has 3 aromatic rings. The molecule has 2 aromatic carbocycles. The zero-order chi connectivity index (χ0) is 25.0. The van der Waals surface area contributed by atoms with Gasteiger partial charge in [-0.1, -0.05) is 23.7 Å². The van der Waals surface area contributed by atoms with E-state index in [9.17, 15) is 13.2 Å². The third-order valence-electron chi connectivity index (χ3n) is 5.36. The SMILES string of the molecule is COc1ccc(N([C@H](C)C(=O)N/N=C\c2cc(C)n(-c3ccccc3Cl)c2C)S(C)(=O)=O)cc1. The lowest BCUT2D eigenvalue weighted by molar-refractivity contribution is -0.121. The number of rotatable bonds is 8. The molecule has 1 aromatic heterocycles. The molecule has 34 heavy (non-hydrogen) atoms. The first-order valence-corrected chi connectivity index (χ1v) is 12.7. The largest absolute Gasteiger partial charge is 0.497 e. The Labute approximate surface area is 204 Å². The Balaban J connectivity index is 1.79. The van der Waals surface area contributed by atoms with Crippen LogP contribution in [-0.2, 0) is 14.8 Å². The van der Waals surface area contributed by atoms with Gasteiger partial charge in [-0.05, 0) is 63.2 Å². The quantitative estimate of drug-likeness (QED) is 0.371. The number of hydrogen-bond donors (Lipinski definition) is 1. The minimum atomic E-state index is -3.74. The number of carbonyl (C=O) groups excluding carboxylic acids is 1. The van der Waals surface area contributed by atoms with Gasteiger partial charge in [0.25, 0.3) is 5.91 Å². The highest BCUT2D eigenvalue weighted by Crippen LogP contribution is 2.26. The molecule has 1 amide bonds. The lowest BCUT2D eigenvalue weighted by Crippen LogP contribution is -2.46. The first kappa shape index (κ1) is 25.3. The smallest absolute Gasteiger partial charge is 0.263 e. The Hall–Kier alpha value is -3.30. The molecule has 1 atom stereocenters. The van der Waals surface area contributed by atoms with Crippen molar-refractivity contribution in [2.75, 3.05) is 17.7 Å². The average Bonchev–Trinajstić information content (AvgIpc) is 3.06. The summed E-state index contributed by atoms with van der Waals surface area (Å²) < 4.78 is 33.0. The summed E-state index contributed by atoms with van der Waals surface area (Å²) in [5.74, 6) is 0.00528. The third kappa shape index (κ3) is 5.43. The summed E-state index contributed by atoms with van der Waals surface area (Å²) in [5.41, 5.74) is 6.28. The van der Waals surface area contributed by atoms with E-state index in [4.69, 9.17) is 16.3 Å². The summed E-state index contributed by atoms with van der Waals surface area (Å²) in [4.78, 5) is 12.8. The third-order valence-corrected chi connectivity index (χ3v) is 6.92. The molecule has 1 N–H and O–H groups in total. The van der Waals surface area contributed by atoms with Crippen LogP contribution in [0.2, 0.25) is 5.02 Å². The van der Waals surface area contributed by atoms with Gasteiger partial charge in [0.2, 0.25) is 10.0 Å². The number of amides is 1. The van der Waals surface area contributed by atoms with Crippen LogP contribution in [0.3, 0.4) is 0 Å². The molecule has 0 spiro atoms. The minimum Gasteiger partial charge on any atom is -0.497 e. The summed E-state index contributed by atoms with van der Waals surface area (Å²) in [6.07, 6.45) is 2.58. The van der Waals surface area contributed by atoms with Gasteiger partial charge in [0, 0.05) is 17.0 Å². The van der Waals surface area contributed by atoms with Gasteiger partial charge in [0.05, 0.1) is 36.0 Å². The number of anilines is 1. The molecule has 0 aliphatic rings. The van der Waals surface area contributed by atoms with Crippen molar-refractivity contribution in [1.29, 1.82) is 0 Å². The Kier molecular flexibility index (Phi) is 7.68. The van der Waals surface area contributed by atoms with Gasteiger partial charge in [-0.3, -0.25) is 9.10 Å². The van der Waals surface area contributed by atoms with Crippen molar-refractivity contribution in [2.24, 2.45) is 5.10 Å². The van der Waals surface area contributed by atoms with Gasteiger partial charge in [0.1, 0.15) is 11.8 Å². The molecule has 10 heteroatoms. The number of nitrogens with zero attached hydrogens (tertiary/aromatic N) is 3. The molecule has 180 valence electrons. The lowest BCUT2D eigenvalue weighted by Gasteiger charge is -2.27. The Bertz CT molecular complexity index is 1320. The number of sulfonamides is 1. The second-order valence-electron chi connectivity index (χ2n) is 7.78. The van der Waals surface area contributed by atoms with Gasteiger partial charge in [-0.25, -0.2) is 13.8 Å². The Morgan fingerprint density at radius 3 is 2.41 bits per heavy atom. The Morgan fingerprint density at radius 1 is 1.18 bits per heavy atom. The van der Waals surface area contributed by atoms with Crippen molar-refractivity contribution < 1.29 is 17.9 Å². The summed E-state index contributed by atoms with van der Waals surface area (Å²) >= 11 is 6.35. The van der Waals surface area contributed by atoms with E-state index in [1.807, 2.05) is 48.7 Å². The number of carbonyl (C=O) groups is 1. The number of aromatic nitrogens is 1. The first-order valence-electron chi connectivity index (χ1n) is 10.4. The minimum absolute atomic E-state index is 0.346. The number of hydrogen-bond acceptors (Lipinski definition) is 5. The number of ether oxygens (including phenoxy) is 1. The second kappa shape index (κ2) is 10.3. The topological polar surface area (TPSA) is 93.0 Å². The highest BCUT2D eigenvalue weighted by Gasteiger charge is 2.29. The van der Waals surface area contributed by atoms with Crippen LogP contribution in [0.4, 0.5) is 5.69 Å². The molecule has 8 nitrogen and oxygen atoms in total. The summed E-state index contributed by atoms with van der Waals surface area (Å²) in [6.45, 7) is 5.38. The number of hydrazone groups is 1. The molecule has 0 saturated carbocycles. The van der Waals surface area contributed by atoms with Crippen LogP contribution in [0.1, 0.15) is 23.9 Å². The molecule has 0 aliphatic heterocycles. The molecule has 0 bridgehead atoms. The predicted octanol–water partition coefficient (Wildman–Crippen LogP) is 4.06. The van der Waals surface area contributed by atoms with Crippen molar-refractivity contribution >= 4 is 39.4 Å². The number of halogens is 1. The Morgan fingerprint density at radius 2 is 1.82 bits per heavy atom. The molecule has 0 fully saturated rings. The van der Waals surface area contributed by atoms with Crippen LogP contribution < -0.4 is 14.5 Å². The van der Waals surface area contributed by atoms with Crippen molar-refractivity contribution in [3.8, 4) is 11.4 Å². The maximum absolute atomic E-state index is 12.8. The van der Waals surface area contributed by atoms with E-state index in [1.54, 1.807) is 24.3 Å². The highest BCUT2D eigenvalue weighted by atomic mass is 35.5. The summed E-state index contributed by atoms with van der Waals surface area (Å²) in [5, 5.41) is 4.69. The molecule has 3 rings (SSSR count). The van der Waals surface area contributed by atoms with Gasteiger partial charge >= 0.3 is 0 Å². The number of aryl methyl sites for hydroxylation is 1. The molecule has 0 unspecified atom stereocenters. The van der Waals surface area contributed by atoms with Crippen LogP contribution >= 0.6 is 11.6 Å². The van der Waals surface area contributed by atoms with Gasteiger partial charge in [-0.2, -0.15) is 5.10 Å². The monoisotopic (exact) mass is 502 g/mol. The van der Waals surface area contributed by atoms with Crippen molar-refractivity contribution in [2.45, 2.75) is 26.8 Å². The zero-order valence-corrected chi connectivity index (χ0v) is 21.2. The number of benzene rings is 2. The van der Waals surface area contributed by atoms with E-state index in [0.29, 0.717) is 16.5 Å². The van der Waals surface area contributed by atoms with Gasteiger partial charge in [0.15, 0.2) is 0 Å². The normalized spacial score (nSPS) is 12.5. The first-order chi connectivity index (χ1) is 16.0. The predicted molar refractivity (Wildman–Crippen MR) is 136 cm³/mol. The van der Waals surface area contributed by atoms with Gasteiger partial charge in [-0.15, -0.1) is 0 Å². The van der Waals surface area contributed by atoms with E-state index < -0.39 is 22.0 Å². The lowest BCUT2D eigenvalue weighted by atomic mass is 10.2. The van der Waals surface area contributed by atoms with E-state index in [0.717, 1.165) is 33.2 Å². The maximum Gasteiger partial charge on any atom is 0.263 e. The fourth-order valence-electron chi connectivity index (χ4n) is 3.72. The number of para-hydroxylation sites is 1. The van der Waals surface area contributed by atoms with Crippen LogP contribution in [-0.4, -0.2) is 44.5 Å². The van der Waals surface area contributed by atoms with Crippen molar-refractivity contribution in [1.82, 2.24) is 9.99 Å². The molecule has 0 saturated heterocycles. The van der Waals surface area contributed by atoms with E-state index >= 15 is 0 Å². The van der Waals surface area contributed by atoms with Crippen LogP contribution in [0.15, 0.2) is 59.7 Å². The fraction of sp³-hybridized carbons (Fsp3) is 0.250. The van der Waals surface area contributed by atoms with Crippen molar-refractivity contribution in [3.63, 3.8) is 0 Å². The average molecular weight is 503 g/mol. The zero-order valence-electron chi connectivity index (χ0n) is 19.6. The van der Waals surface area contributed by atoms with Gasteiger partial charge < -0.3 is 9.30 Å². The molecular formula is C24H27ClN4O4S. The highest BCUT2D eigenvalue weighted by molar-refractivity contribution is 7.92. The summed E-state index contributed by atoms with van der Waals surface area (Å²) in [7, 11) is -2.22. The summed E-state index contributed by atoms with van der Waals surface area (Å²) in [6, 6.07) is 14.8. The van der Waals surface area contributed by atoms with E-state index in [1.165, 1.54) is 20.2 Å². The molecular weight excluding hydrogens is 476 g/mol.